The number of aromatic nitrogens is 2. The minimum Gasteiger partial charge on any atom is -0.366 e. The van der Waals surface area contributed by atoms with E-state index in [0.717, 1.165) is 35.2 Å². The Morgan fingerprint density at radius 1 is 1.25 bits per heavy atom. The number of nitrogens with one attached hydrogen (secondary N) is 1. The lowest BCUT2D eigenvalue weighted by molar-refractivity contribution is 0.0988. The number of aromatic amines is 1. The number of Topliss-reactive ketones (excluding diaryl/α,β-unsaturated/α-hetero) is 1. The number of primary amides is 1. The molecule has 146 valence electrons. The summed E-state index contributed by atoms with van der Waals surface area (Å²) in [6.45, 7) is 1.89. The number of halogens is 1. The molecule has 2 heterocycles. The van der Waals surface area contributed by atoms with E-state index in [-0.39, 0.29) is 26.8 Å². The first-order valence-electron chi connectivity index (χ1n) is 8.23. The zero-order valence-corrected chi connectivity index (χ0v) is 16.4. The van der Waals surface area contributed by atoms with Crippen LogP contribution < -0.4 is 5.73 Å². The topological polar surface area (TPSA) is 123 Å². The number of rotatable bonds is 7. The van der Waals surface area contributed by atoms with Gasteiger partial charge < -0.3 is 5.73 Å². The number of carbonyl (C=O) groups is 2. The second-order valence-electron chi connectivity index (χ2n) is 5.93. The molecule has 0 aliphatic rings. The number of H-pyrrole nitrogens is 1. The van der Waals surface area contributed by atoms with Crippen LogP contribution in [0.15, 0.2) is 45.5 Å². The van der Waals surface area contributed by atoms with E-state index in [1.54, 1.807) is 6.07 Å². The average Bonchev–Trinajstić information content (AvgIpc) is 3.29. The summed E-state index contributed by atoms with van der Waals surface area (Å²) in [4.78, 5) is 23.9. The van der Waals surface area contributed by atoms with Crippen molar-refractivity contribution in [1.82, 2.24) is 10.2 Å². The molecule has 0 fully saturated rings. The largest absolute Gasteiger partial charge is 0.366 e. The number of nitrogens with two attached hydrogens (primary N) is 1. The Bertz CT molecular complexity index is 1170. The minimum atomic E-state index is -4.20. The molecule has 0 atom stereocenters. The highest BCUT2D eigenvalue weighted by Gasteiger charge is 2.27. The maximum absolute atomic E-state index is 14.0. The average molecular weight is 421 g/mol. The first-order chi connectivity index (χ1) is 13.2. The molecule has 1 amide bonds. The Morgan fingerprint density at radius 3 is 2.57 bits per heavy atom. The SMILES string of the molecule is CCc1cc(C(=O)Cc2sc(S(=O)(=O)c3ccccc3F)cc2C(N)=O)n[nH]1. The number of ketones is 1. The summed E-state index contributed by atoms with van der Waals surface area (Å²) in [5.74, 6) is -2.17. The number of sulfone groups is 1. The highest BCUT2D eigenvalue weighted by atomic mass is 32.2. The minimum absolute atomic E-state index is 0.0838. The molecular formula is C18H16FN3O4S2. The molecule has 0 aliphatic heterocycles. The lowest BCUT2D eigenvalue weighted by atomic mass is 10.1. The van der Waals surface area contributed by atoms with Crippen LogP contribution in [0.3, 0.4) is 0 Å². The van der Waals surface area contributed by atoms with E-state index in [0.29, 0.717) is 6.42 Å². The van der Waals surface area contributed by atoms with Crippen LogP contribution in [0.5, 0.6) is 0 Å². The number of benzene rings is 1. The molecule has 3 N–H and O–H groups in total. The van der Waals surface area contributed by atoms with Gasteiger partial charge in [0.2, 0.25) is 15.7 Å². The van der Waals surface area contributed by atoms with E-state index in [1.807, 2.05) is 6.92 Å². The molecule has 3 aromatic rings. The quantitative estimate of drug-likeness (QED) is 0.568. The molecule has 0 unspecified atom stereocenters. The summed E-state index contributed by atoms with van der Waals surface area (Å²) < 4.78 is 39.2. The highest BCUT2D eigenvalue weighted by molar-refractivity contribution is 7.93. The van der Waals surface area contributed by atoms with Crippen molar-refractivity contribution < 1.29 is 22.4 Å². The third-order valence-corrected chi connectivity index (χ3v) is 7.46. The summed E-state index contributed by atoms with van der Waals surface area (Å²) in [5, 5.41) is 6.64. The third-order valence-electron chi connectivity index (χ3n) is 4.06. The molecule has 0 bridgehead atoms. The van der Waals surface area contributed by atoms with Crippen molar-refractivity contribution in [3.05, 3.63) is 64.0 Å². The molecule has 28 heavy (non-hydrogen) atoms. The first-order valence-corrected chi connectivity index (χ1v) is 10.5. The molecule has 0 saturated heterocycles. The fourth-order valence-corrected chi connectivity index (χ4v) is 5.54. The molecule has 3 rings (SSSR count). The van der Waals surface area contributed by atoms with Gasteiger partial charge in [-0.1, -0.05) is 19.1 Å². The second-order valence-corrected chi connectivity index (χ2v) is 9.21. The molecule has 2 aromatic heterocycles. The zero-order chi connectivity index (χ0) is 20.5. The van der Waals surface area contributed by atoms with E-state index in [2.05, 4.69) is 10.2 Å². The van der Waals surface area contributed by atoms with Gasteiger partial charge in [0.05, 0.1) is 5.56 Å². The van der Waals surface area contributed by atoms with Gasteiger partial charge in [0, 0.05) is 17.0 Å². The number of thiophene rings is 1. The Kier molecular flexibility index (Phi) is 5.43. The fourth-order valence-electron chi connectivity index (χ4n) is 2.57. The molecule has 0 saturated carbocycles. The Morgan fingerprint density at radius 2 is 1.96 bits per heavy atom. The molecule has 0 aliphatic carbocycles. The molecule has 10 heteroatoms. The summed E-state index contributed by atoms with van der Waals surface area (Å²) >= 11 is 0.720. The van der Waals surface area contributed by atoms with Gasteiger partial charge >= 0.3 is 0 Å². The van der Waals surface area contributed by atoms with Crippen LogP contribution in [-0.2, 0) is 22.7 Å². The predicted molar refractivity (Wildman–Crippen MR) is 101 cm³/mol. The lowest BCUT2D eigenvalue weighted by Crippen LogP contribution is -2.14. The Labute approximate surface area is 164 Å². The first kappa shape index (κ1) is 19.9. The molecule has 0 radical (unpaired) electrons. The molecule has 7 nitrogen and oxygen atoms in total. The van der Waals surface area contributed by atoms with Gasteiger partial charge in [-0.05, 0) is 30.7 Å². The fraction of sp³-hybridized carbons (Fsp3) is 0.167. The van der Waals surface area contributed by atoms with Crippen LogP contribution in [0.1, 0.15) is 38.3 Å². The summed E-state index contributed by atoms with van der Waals surface area (Å²) in [7, 11) is -4.20. The van der Waals surface area contributed by atoms with Gasteiger partial charge in [-0.3, -0.25) is 14.7 Å². The van der Waals surface area contributed by atoms with Crippen molar-refractivity contribution in [3.63, 3.8) is 0 Å². The standard InChI is InChI=1S/C18H16FN3O4S2/c1-2-10-7-13(22-21-10)14(23)9-15-11(18(20)24)8-17(27-15)28(25,26)16-6-4-3-5-12(16)19/h3-8H,2,9H2,1H3,(H2,20,24)(H,21,22). The van der Waals surface area contributed by atoms with Crippen LogP contribution >= 0.6 is 11.3 Å². The van der Waals surface area contributed by atoms with E-state index >= 15 is 0 Å². The van der Waals surface area contributed by atoms with Crippen molar-refractivity contribution in [2.24, 2.45) is 5.73 Å². The smallest absolute Gasteiger partial charge is 0.249 e. The summed E-state index contributed by atoms with van der Waals surface area (Å²) in [6, 6.07) is 7.61. The number of aryl methyl sites for hydroxylation is 1. The van der Waals surface area contributed by atoms with Crippen molar-refractivity contribution in [2.45, 2.75) is 28.9 Å². The molecule has 1 aromatic carbocycles. The predicted octanol–water partition coefficient (Wildman–Crippen LogP) is 2.53. The van der Waals surface area contributed by atoms with Gasteiger partial charge in [-0.2, -0.15) is 5.10 Å². The summed E-state index contributed by atoms with van der Waals surface area (Å²) in [6.07, 6.45) is 0.417. The van der Waals surface area contributed by atoms with Gasteiger partial charge in [-0.15, -0.1) is 11.3 Å². The summed E-state index contributed by atoms with van der Waals surface area (Å²) in [5.41, 5.74) is 6.21. The van der Waals surface area contributed by atoms with Gasteiger partial charge in [0.25, 0.3) is 0 Å². The maximum Gasteiger partial charge on any atom is 0.249 e. The normalized spacial score (nSPS) is 11.5. The number of nitrogens with zero attached hydrogens (tertiary/aromatic N) is 1. The Hall–Kier alpha value is -2.85. The number of carbonyl (C=O) groups excluding carboxylic acids is 2. The van der Waals surface area contributed by atoms with Crippen LogP contribution in [0.25, 0.3) is 0 Å². The number of amides is 1. The van der Waals surface area contributed by atoms with Crippen LogP contribution in [-0.4, -0.2) is 30.3 Å². The van der Waals surface area contributed by atoms with E-state index in [9.17, 15) is 22.4 Å². The van der Waals surface area contributed by atoms with Crippen molar-refractivity contribution in [3.8, 4) is 0 Å². The van der Waals surface area contributed by atoms with E-state index < -0.39 is 32.2 Å². The van der Waals surface area contributed by atoms with Crippen molar-refractivity contribution in [1.29, 1.82) is 0 Å². The third kappa shape index (κ3) is 3.73. The highest BCUT2D eigenvalue weighted by Crippen LogP contribution is 2.32. The zero-order valence-electron chi connectivity index (χ0n) is 14.7. The van der Waals surface area contributed by atoms with Crippen LogP contribution in [0.2, 0.25) is 0 Å². The van der Waals surface area contributed by atoms with Crippen molar-refractivity contribution >= 4 is 32.9 Å². The van der Waals surface area contributed by atoms with Crippen molar-refractivity contribution in [2.75, 3.05) is 0 Å². The maximum atomic E-state index is 14.0. The van der Waals surface area contributed by atoms with Gasteiger partial charge in [0.1, 0.15) is 20.6 Å². The lowest BCUT2D eigenvalue weighted by Gasteiger charge is -2.02. The monoisotopic (exact) mass is 421 g/mol. The molecular weight excluding hydrogens is 405 g/mol. The Balaban J connectivity index is 1.99. The van der Waals surface area contributed by atoms with Crippen LogP contribution in [0.4, 0.5) is 4.39 Å². The van der Waals surface area contributed by atoms with E-state index in [4.69, 9.17) is 5.73 Å². The molecule has 0 spiro atoms. The van der Waals surface area contributed by atoms with Crippen LogP contribution in [0, 0.1) is 5.82 Å². The second kappa shape index (κ2) is 7.64. The number of hydrogen-bond acceptors (Lipinski definition) is 6. The van der Waals surface area contributed by atoms with Gasteiger partial charge in [-0.25, -0.2) is 12.8 Å². The van der Waals surface area contributed by atoms with Gasteiger partial charge in [0.15, 0.2) is 5.78 Å². The number of hydrogen-bond donors (Lipinski definition) is 2. The van der Waals surface area contributed by atoms with E-state index in [1.165, 1.54) is 12.1 Å².